The van der Waals surface area contributed by atoms with Crippen LogP contribution in [0, 0.1) is 0 Å². The first-order valence-electron chi connectivity index (χ1n) is 4.62. The van der Waals surface area contributed by atoms with Gasteiger partial charge in [-0.2, -0.15) is 0 Å². The third-order valence-corrected chi connectivity index (χ3v) is 0.500. The Labute approximate surface area is 121 Å². The van der Waals surface area contributed by atoms with E-state index in [1.165, 1.54) is 0 Å². The van der Waals surface area contributed by atoms with Crippen LogP contribution >= 0.6 is 0 Å². The molecule has 0 bridgehead atoms. The van der Waals surface area contributed by atoms with E-state index in [0.29, 0.717) is 39.3 Å². The number of nitrogens with two attached hydrogens (primary N) is 6. The third-order valence-electron chi connectivity index (χ3n) is 0.500. The van der Waals surface area contributed by atoms with Crippen LogP contribution in [-0.2, 0) is 40.0 Å². The van der Waals surface area contributed by atoms with E-state index in [0.717, 1.165) is 0 Å². The molecule has 0 aromatic carbocycles. The maximum absolute atomic E-state index is 8.63. The van der Waals surface area contributed by atoms with E-state index in [-0.39, 0.29) is 16.5 Å². The Morgan fingerprint density at radius 1 is 0.611 bits per heavy atom. The van der Waals surface area contributed by atoms with Gasteiger partial charge in [-0.15, -0.1) is 0 Å². The SMILES string of the molecule is NCCN.NCCN.NCCN.[Ni+2].[O]=[Mo](=[O])([O-])[O-]. The average molecular weight is 399 g/mol. The molecule has 18 heavy (non-hydrogen) atoms. The molecule has 10 nitrogen and oxygen atoms in total. The fourth-order valence-corrected chi connectivity index (χ4v) is 0. The molecule has 0 spiro atoms. The van der Waals surface area contributed by atoms with Crippen LogP contribution in [0.1, 0.15) is 0 Å². The third kappa shape index (κ3) is 328. The molecule has 0 aromatic rings. The first-order valence-corrected chi connectivity index (χ1v) is 7.89. The molecule has 12 N–H and O–H groups in total. The van der Waals surface area contributed by atoms with E-state index in [1.54, 1.807) is 0 Å². The van der Waals surface area contributed by atoms with Crippen LogP contribution in [0.5, 0.6) is 0 Å². The van der Waals surface area contributed by atoms with Gasteiger partial charge in [-0.1, -0.05) is 0 Å². The molecule has 0 radical (unpaired) electrons. The molecule has 0 aromatic heterocycles. The van der Waals surface area contributed by atoms with Crippen molar-refractivity contribution in [3.63, 3.8) is 0 Å². The van der Waals surface area contributed by atoms with Crippen LogP contribution in [0.25, 0.3) is 0 Å². The van der Waals surface area contributed by atoms with Crippen molar-refractivity contribution < 1.29 is 47.6 Å². The summed E-state index contributed by atoms with van der Waals surface area (Å²) < 4.78 is 34.5. The van der Waals surface area contributed by atoms with Crippen molar-refractivity contribution in [3.8, 4) is 0 Å². The molecule has 0 unspecified atom stereocenters. The molecule has 0 rings (SSSR count). The summed E-state index contributed by atoms with van der Waals surface area (Å²) in [5.74, 6) is 0. The predicted octanol–water partition coefficient (Wildman–Crippen LogP) is -5.91. The van der Waals surface area contributed by atoms with Crippen molar-refractivity contribution >= 4 is 0 Å². The van der Waals surface area contributed by atoms with Crippen LogP contribution in [0.3, 0.4) is 0 Å². The molecular weight excluding hydrogens is 375 g/mol. The van der Waals surface area contributed by atoms with Crippen LogP contribution in [0.2, 0.25) is 0 Å². The van der Waals surface area contributed by atoms with Gasteiger partial charge in [0, 0.05) is 39.3 Å². The summed E-state index contributed by atoms with van der Waals surface area (Å²) in [5, 5.41) is 0. The van der Waals surface area contributed by atoms with Gasteiger partial charge in [0.15, 0.2) is 0 Å². The Balaban J connectivity index is -0.0000000412. The summed E-state index contributed by atoms with van der Waals surface area (Å²) in [4.78, 5) is 0. The quantitative estimate of drug-likeness (QED) is 0.246. The van der Waals surface area contributed by atoms with E-state index in [9.17, 15) is 0 Å². The number of hydrogen-bond acceptors (Lipinski definition) is 10. The van der Waals surface area contributed by atoms with Gasteiger partial charge in [0.2, 0.25) is 0 Å². The van der Waals surface area contributed by atoms with E-state index in [4.69, 9.17) is 48.7 Å². The second kappa shape index (κ2) is 30.5. The first kappa shape index (κ1) is 31.1. The van der Waals surface area contributed by atoms with Gasteiger partial charge in [0.1, 0.15) is 0 Å². The monoisotopic (exact) mass is 400 g/mol. The fourth-order valence-electron chi connectivity index (χ4n) is 0. The maximum atomic E-state index is 8.63. The summed E-state index contributed by atoms with van der Waals surface area (Å²) in [6.07, 6.45) is 0. The number of rotatable bonds is 3. The van der Waals surface area contributed by atoms with Gasteiger partial charge < -0.3 is 34.4 Å². The van der Waals surface area contributed by atoms with E-state index in [2.05, 4.69) is 0 Å². The summed E-state index contributed by atoms with van der Waals surface area (Å²) >= 11 is -6.02. The Morgan fingerprint density at radius 2 is 0.667 bits per heavy atom. The average Bonchev–Trinajstić information content (AvgIpc) is 2.27. The molecule has 0 heterocycles. The zero-order valence-electron chi connectivity index (χ0n) is 10.1. The van der Waals surface area contributed by atoms with E-state index < -0.39 is 16.7 Å². The Hall–Kier alpha value is 0.462. The van der Waals surface area contributed by atoms with Gasteiger partial charge in [0.25, 0.3) is 0 Å². The van der Waals surface area contributed by atoms with Gasteiger partial charge >= 0.3 is 47.6 Å². The van der Waals surface area contributed by atoms with Crippen molar-refractivity contribution in [3.05, 3.63) is 0 Å². The molecule has 0 saturated heterocycles. The summed E-state index contributed by atoms with van der Waals surface area (Å²) in [6, 6.07) is 0. The van der Waals surface area contributed by atoms with Crippen LogP contribution in [0.15, 0.2) is 0 Å². The molecule has 118 valence electrons. The minimum absolute atomic E-state index is 0. The van der Waals surface area contributed by atoms with Crippen molar-refractivity contribution in [2.75, 3.05) is 39.3 Å². The van der Waals surface area contributed by atoms with Crippen molar-refractivity contribution in [2.24, 2.45) is 34.4 Å². The summed E-state index contributed by atoms with van der Waals surface area (Å²) in [5.41, 5.74) is 29.4. The Morgan fingerprint density at radius 3 is 0.667 bits per heavy atom. The molecule has 0 aliphatic heterocycles. The normalized spacial score (nSPS) is 8.22. The minimum atomic E-state index is -6.02. The molecule has 12 heteroatoms. The standard InChI is InChI=1S/3C2H8N2.Mo.Ni.4O/c3*3-1-2-4;;;;;;/h3*1-4H2;;;;;;/q;;;;+2;;;2*-1. The number of hydrogen-bond donors (Lipinski definition) is 6. The topological polar surface area (TPSA) is 236 Å². The van der Waals surface area contributed by atoms with Gasteiger partial charge in [-0.3, -0.25) is 0 Å². The summed E-state index contributed by atoms with van der Waals surface area (Å²) in [7, 11) is 0. The Bertz CT molecular complexity index is 171. The molecule has 0 fully saturated rings. The molecule has 0 saturated carbocycles. The predicted molar refractivity (Wildman–Crippen MR) is 55.7 cm³/mol. The summed E-state index contributed by atoms with van der Waals surface area (Å²) in [6.45, 7) is 3.58. The molecule has 0 amide bonds. The first-order chi connectivity index (χ1) is 7.74. The van der Waals surface area contributed by atoms with E-state index in [1.807, 2.05) is 0 Å². The van der Waals surface area contributed by atoms with Gasteiger partial charge in [-0.25, -0.2) is 0 Å². The van der Waals surface area contributed by atoms with Crippen molar-refractivity contribution in [2.45, 2.75) is 0 Å². The van der Waals surface area contributed by atoms with Crippen LogP contribution in [0.4, 0.5) is 0 Å². The van der Waals surface area contributed by atoms with Gasteiger partial charge in [0.05, 0.1) is 0 Å². The Kier molecular flexibility index (Phi) is 52.6. The van der Waals surface area contributed by atoms with E-state index >= 15 is 0 Å². The molecule has 0 atom stereocenters. The van der Waals surface area contributed by atoms with Crippen molar-refractivity contribution in [1.29, 1.82) is 0 Å². The fraction of sp³-hybridized carbons (Fsp3) is 1.00. The second-order valence-corrected chi connectivity index (χ2v) is 4.15. The zero-order valence-corrected chi connectivity index (χ0v) is 13.1. The molecule has 0 aliphatic rings. The molecule has 0 aliphatic carbocycles. The van der Waals surface area contributed by atoms with Crippen LogP contribution < -0.4 is 41.9 Å². The second-order valence-electron chi connectivity index (χ2n) is 2.14. The van der Waals surface area contributed by atoms with Crippen LogP contribution in [-0.4, -0.2) is 39.3 Å². The zero-order chi connectivity index (χ0) is 14.7. The molecular formula is C6H24MoN6NiO4. The van der Waals surface area contributed by atoms with Crippen molar-refractivity contribution in [1.82, 2.24) is 0 Å². The van der Waals surface area contributed by atoms with Gasteiger partial charge in [-0.05, 0) is 0 Å².